The monoisotopic (exact) mass is 333 g/mol. The topological polar surface area (TPSA) is 118 Å². The van der Waals surface area contributed by atoms with E-state index in [1.807, 2.05) is 6.92 Å². The van der Waals surface area contributed by atoms with Crippen molar-refractivity contribution < 1.29 is 13.2 Å². The van der Waals surface area contributed by atoms with Gasteiger partial charge in [0.1, 0.15) is 0 Å². The first-order valence-electron chi connectivity index (χ1n) is 6.67. The molecule has 21 heavy (non-hydrogen) atoms. The number of rotatable bonds is 4. The lowest BCUT2D eigenvalue weighted by atomic mass is 9.93. The van der Waals surface area contributed by atoms with Gasteiger partial charge in [0.25, 0.3) is 10.0 Å². The Hall–Kier alpha value is -1.10. The molecular weight excluding hydrogens is 314 g/mol. The molecule has 0 radical (unpaired) electrons. The van der Waals surface area contributed by atoms with Gasteiger partial charge in [-0.3, -0.25) is 4.79 Å². The van der Waals surface area contributed by atoms with Crippen LogP contribution in [-0.2, 0) is 14.8 Å². The second kappa shape index (κ2) is 6.34. The van der Waals surface area contributed by atoms with Gasteiger partial charge in [0.05, 0.1) is 0 Å². The first-order chi connectivity index (χ1) is 9.80. The summed E-state index contributed by atoms with van der Waals surface area (Å²) in [5.41, 5.74) is 5.88. The zero-order chi connectivity index (χ0) is 15.6. The van der Waals surface area contributed by atoms with Crippen molar-refractivity contribution in [3.8, 4) is 0 Å². The minimum absolute atomic E-state index is 0.0487. The first kappa shape index (κ1) is 16.3. The van der Waals surface area contributed by atoms with E-state index in [2.05, 4.69) is 15.5 Å². The van der Waals surface area contributed by atoms with Crippen LogP contribution in [0, 0.1) is 5.92 Å². The molecule has 3 N–H and O–H groups in total. The molecular formula is C11H19N5O3S2. The molecule has 2 atom stereocenters. The molecule has 0 bridgehead atoms. The molecule has 2 unspecified atom stereocenters. The number of carbonyl (C=O) groups is 1. The van der Waals surface area contributed by atoms with Gasteiger partial charge in [0.2, 0.25) is 15.4 Å². The summed E-state index contributed by atoms with van der Waals surface area (Å²) >= 11 is 0.856. The van der Waals surface area contributed by atoms with E-state index in [4.69, 9.17) is 5.73 Å². The highest BCUT2D eigenvalue weighted by molar-refractivity contribution is 7.91. The number of nitrogens with two attached hydrogens (primary N) is 1. The Balaban J connectivity index is 2.17. The van der Waals surface area contributed by atoms with E-state index in [0.29, 0.717) is 13.1 Å². The van der Waals surface area contributed by atoms with Crippen molar-refractivity contribution in [3.63, 3.8) is 0 Å². The molecule has 118 valence electrons. The van der Waals surface area contributed by atoms with Gasteiger partial charge >= 0.3 is 0 Å². The average Bonchev–Trinajstić information content (AvgIpc) is 2.87. The van der Waals surface area contributed by atoms with Crippen LogP contribution >= 0.6 is 11.3 Å². The molecule has 1 amide bonds. The molecule has 0 aliphatic carbocycles. The third-order valence-corrected chi connectivity index (χ3v) is 6.46. The fourth-order valence-electron chi connectivity index (χ4n) is 2.25. The summed E-state index contributed by atoms with van der Waals surface area (Å²) in [6.07, 6.45) is 1.71. The van der Waals surface area contributed by atoms with Crippen LogP contribution < -0.4 is 11.1 Å². The van der Waals surface area contributed by atoms with E-state index < -0.39 is 10.0 Å². The van der Waals surface area contributed by atoms with Gasteiger partial charge in [-0.2, -0.15) is 4.31 Å². The quantitative estimate of drug-likeness (QED) is 0.762. The van der Waals surface area contributed by atoms with Crippen LogP contribution in [0.4, 0.5) is 5.13 Å². The van der Waals surface area contributed by atoms with Crippen molar-refractivity contribution in [3.05, 3.63) is 0 Å². The highest BCUT2D eigenvalue weighted by atomic mass is 32.2. The molecule has 1 saturated heterocycles. The predicted molar refractivity (Wildman–Crippen MR) is 79.3 cm³/mol. The number of hydrogen-bond donors (Lipinski definition) is 2. The Kier molecular flexibility index (Phi) is 4.91. The van der Waals surface area contributed by atoms with Gasteiger partial charge in [-0.15, -0.1) is 10.2 Å². The van der Waals surface area contributed by atoms with E-state index in [0.717, 1.165) is 24.2 Å². The van der Waals surface area contributed by atoms with Gasteiger partial charge in [-0.25, -0.2) is 8.42 Å². The number of aromatic nitrogens is 2. The molecule has 1 fully saturated rings. The summed E-state index contributed by atoms with van der Waals surface area (Å²) in [6.45, 7) is 4.07. The number of anilines is 1. The number of sulfonamides is 1. The number of piperidine rings is 1. The summed E-state index contributed by atoms with van der Waals surface area (Å²) in [4.78, 5) is 10.9. The summed E-state index contributed by atoms with van der Waals surface area (Å²) in [7, 11) is -3.67. The normalized spacial score (nSPS) is 22.0. The third kappa shape index (κ3) is 3.76. The van der Waals surface area contributed by atoms with Crippen molar-refractivity contribution in [2.24, 2.45) is 11.7 Å². The largest absolute Gasteiger partial charge is 0.328 e. The van der Waals surface area contributed by atoms with Gasteiger partial charge in [-0.05, 0) is 25.7 Å². The molecule has 0 aromatic carbocycles. The van der Waals surface area contributed by atoms with Gasteiger partial charge in [-0.1, -0.05) is 11.3 Å². The van der Waals surface area contributed by atoms with E-state index in [-0.39, 0.29) is 27.3 Å². The summed E-state index contributed by atoms with van der Waals surface area (Å²) in [5.74, 6) is -0.165. The lowest BCUT2D eigenvalue weighted by Gasteiger charge is -2.32. The Labute approximate surface area is 127 Å². The molecule has 8 nitrogen and oxygen atoms in total. The van der Waals surface area contributed by atoms with Gasteiger partial charge < -0.3 is 11.1 Å². The van der Waals surface area contributed by atoms with Crippen LogP contribution in [0.5, 0.6) is 0 Å². The Morgan fingerprint density at radius 1 is 1.52 bits per heavy atom. The molecule has 1 aromatic rings. The molecule has 1 aromatic heterocycles. The standard InChI is InChI=1S/C11H19N5O3S2/c1-7(12)9-4-3-5-16(6-9)21(18,19)11-15-14-10(20-11)13-8(2)17/h7,9H,3-6,12H2,1-2H3,(H,13,14,17). The van der Waals surface area contributed by atoms with E-state index in [9.17, 15) is 13.2 Å². The summed E-state index contributed by atoms with van der Waals surface area (Å²) in [6, 6.07) is -0.0487. The van der Waals surface area contributed by atoms with Crippen LogP contribution in [0.25, 0.3) is 0 Å². The zero-order valence-corrected chi connectivity index (χ0v) is 13.6. The maximum absolute atomic E-state index is 12.5. The lowest BCUT2D eigenvalue weighted by molar-refractivity contribution is -0.114. The van der Waals surface area contributed by atoms with E-state index in [1.165, 1.54) is 11.2 Å². The van der Waals surface area contributed by atoms with Crippen molar-refractivity contribution in [1.82, 2.24) is 14.5 Å². The zero-order valence-electron chi connectivity index (χ0n) is 11.9. The van der Waals surface area contributed by atoms with Crippen LogP contribution in [0.15, 0.2) is 4.34 Å². The molecule has 1 aliphatic heterocycles. The van der Waals surface area contributed by atoms with Crippen LogP contribution in [0.2, 0.25) is 0 Å². The van der Waals surface area contributed by atoms with Crippen LogP contribution in [0.3, 0.4) is 0 Å². The molecule has 2 heterocycles. The minimum atomic E-state index is -3.67. The van der Waals surface area contributed by atoms with Crippen molar-refractivity contribution in [2.75, 3.05) is 18.4 Å². The SMILES string of the molecule is CC(=O)Nc1nnc(S(=O)(=O)N2CCCC(C(C)N)C2)s1. The second-order valence-electron chi connectivity index (χ2n) is 5.18. The summed E-state index contributed by atoms with van der Waals surface area (Å²) < 4.78 is 26.4. The number of nitrogens with zero attached hydrogens (tertiary/aromatic N) is 3. The maximum atomic E-state index is 12.5. The highest BCUT2D eigenvalue weighted by Crippen LogP contribution is 2.27. The third-order valence-electron chi connectivity index (χ3n) is 3.41. The minimum Gasteiger partial charge on any atom is -0.328 e. The number of hydrogen-bond acceptors (Lipinski definition) is 7. The predicted octanol–water partition coefficient (Wildman–Crippen LogP) is 0.244. The Morgan fingerprint density at radius 3 is 2.86 bits per heavy atom. The maximum Gasteiger partial charge on any atom is 0.272 e. The number of carbonyl (C=O) groups excluding carboxylic acids is 1. The van der Waals surface area contributed by atoms with Crippen molar-refractivity contribution in [1.29, 1.82) is 0 Å². The van der Waals surface area contributed by atoms with E-state index in [1.54, 1.807) is 0 Å². The average molecular weight is 333 g/mol. The van der Waals surface area contributed by atoms with E-state index >= 15 is 0 Å². The Morgan fingerprint density at radius 2 is 2.24 bits per heavy atom. The second-order valence-corrected chi connectivity index (χ2v) is 8.27. The molecule has 0 spiro atoms. The van der Waals surface area contributed by atoms with Gasteiger partial charge in [0.15, 0.2) is 0 Å². The summed E-state index contributed by atoms with van der Waals surface area (Å²) in [5, 5.41) is 9.97. The first-order valence-corrected chi connectivity index (χ1v) is 8.93. The number of amides is 1. The molecule has 1 aliphatic rings. The van der Waals surface area contributed by atoms with Crippen molar-refractivity contribution in [2.45, 2.75) is 37.1 Å². The fraction of sp³-hybridized carbons (Fsp3) is 0.727. The molecule has 2 rings (SSSR count). The number of nitrogens with one attached hydrogen (secondary N) is 1. The molecule has 0 saturated carbocycles. The highest BCUT2D eigenvalue weighted by Gasteiger charge is 2.34. The fourth-order valence-corrected chi connectivity index (χ4v) is 4.87. The van der Waals surface area contributed by atoms with Crippen molar-refractivity contribution >= 4 is 32.4 Å². The smallest absolute Gasteiger partial charge is 0.272 e. The van der Waals surface area contributed by atoms with Crippen LogP contribution in [0.1, 0.15) is 26.7 Å². The van der Waals surface area contributed by atoms with Crippen LogP contribution in [-0.4, -0.2) is 48.0 Å². The lowest BCUT2D eigenvalue weighted by Crippen LogP contribution is -2.44. The Bertz CT molecular complexity index is 613. The van der Waals surface area contributed by atoms with Gasteiger partial charge in [0, 0.05) is 26.1 Å². The molecule has 10 heteroatoms.